The van der Waals surface area contributed by atoms with Crippen molar-refractivity contribution in [2.45, 2.75) is 37.3 Å². The molecule has 2 aliphatic heterocycles. The minimum Gasteiger partial charge on any atom is -0.497 e. The highest BCUT2D eigenvalue weighted by atomic mass is 35.5. The highest BCUT2D eigenvalue weighted by molar-refractivity contribution is 5.86. The number of halogens is 2. The Balaban J connectivity index is 0.00000210. The number of likely N-dealkylation sites (tertiary alicyclic amines) is 1. The molecule has 2 heterocycles. The predicted octanol–water partition coefficient (Wildman–Crippen LogP) is 2.72. The molecule has 166 valence electrons. The Morgan fingerprint density at radius 3 is 2.07 bits per heavy atom. The molecule has 2 fully saturated rings. The summed E-state index contributed by atoms with van der Waals surface area (Å²) in [6, 6.07) is 6.11. The number of rotatable bonds is 6. The molecule has 0 spiro atoms. The van der Waals surface area contributed by atoms with Crippen molar-refractivity contribution in [3.8, 4) is 11.5 Å². The summed E-state index contributed by atoms with van der Waals surface area (Å²) < 4.78 is 16.4. The van der Waals surface area contributed by atoms with E-state index in [1.54, 1.807) is 21.3 Å². The van der Waals surface area contributed by atoms with Crippen LogP contribution in [0, 0.1) is 0 Å². The van der Waals surface area contributed by atoms with Crippen LogP contribution < -0.4 is 20.1 Å². The lowest BCUT2D eigenvalue weighted by Gasteiger charge is -2.41. The van der Waals surface area contributed by atoms with Gasteiger partial charge in [0, 0.05) is 50.1 Å². The van der Waals surface area contributed by atoms with Crippen LogP contribution in [0.1, 0.15) is 25.7 Å². The molecule has 0 radical (unpaired) electrons. The van der Waals surface area contributed by atoms with Gasteiger partial charge >= 0.3 is 0 Å². The molecule has 0 aromatic heterocycles. The van der Waals surface area contributed by atoms with Gasteiger partial charge in [-0.15, -0.1) is 24.8 Å². The Morgan fingerprint density at radius 1 is 1.03 bits per heavy atom. The number of nitrogens with one attached hydrogen (secondary N) is 2. The van der Waals surface area contributed by atoms with Crippen molar-refractivity contribution in [2.75, 3.05) is 52.8 Å². The van der Waals surface area contributed by atoms with Crippen molar-refractivity contribution in [1.82, 2.24) is 10.2 Å². The number of ether oxygens (including phenoxy) is 3. The van der Waals surface area contributed by atoms with Crippen molar-refractivity contribution in [1.29, 1.82) is 0 Å². The molecule has 0 saturated carbocycles. The van der Waals surface area contributed by atoms with Gasteiger partial charge in [0.2, 0.25) is 0 Å². The van der Waals surface area contributed by atoms with Gasteiger partial charge in [0.1, 0.15) is 17.1 Å². The second kappa shape index (κ2) is 11.7. The normalized spacial score (nSPS) is 18.8. The monoisotopic (exact) mass is 449 g/mol. The summed E-state index contributed by atoms with van der Waals surface area (Å²) >= 11 is 0. The molecule has 1 aromatic rings. The summed E-state index contributed by atoms with van der Waals surface area (Å²) in [5.41, 5.74) is 0.328. The molecule has 29 heavy (non-hydrogen) atoms. The minimum atomic E-state index is -0.647. The zero-order valence-corrected chi connectivity index (χ0v) is 19.0. The summed E-state index contributed by atoms with van der Waals surface area (Å²) in [6.07, 6.45) is 3.29. The average Bonchev–Trinajstić information content (AvgIpc) is 2.74. The van der Waals surface area contributed by atoms with Crippen molar-refractivity contribution in [2.24, 2.45) is 0 Å². The van der Waals surface area contributed by atoms with E-state index in [9.17, 15) is 4.79 Å². The molecule has 7 nitrogen and oxygen atoms in total. The fourth-order valence-corrected chi connectivity index (χ4v) is 3.98. The van der Waals surface area contributed by atoms with Crippen LogP contribution in [0.4, 0.5) is 5.69 Å². The fourth-order valence-electron chi connectivity index (χ4n) is 3.98. The number of anilines is 1. The number of carbonyl (C=O) groups is 1. The zero-order valence-electron chi connectivity index (χ0n) is 17.4. The summed E-state index contributed by atoms with van der Waals surface area (Å²) in [5.74, 6) is 1.67. The molecule has 1 amide bonds. The van der Waals surface area contributed by atoms with Crippen LogP contribution in [0.15, 0.2) is 18.2 Å². The number of piperidine rings is 2. The van der Waals surface area contributed by atoms with Gasteiger partial charge in [0.15, 0.2) is 0 Å². The maximum Gasteiger partial charge on any atom is 0.254 e. The van der Waals surface area contributed by atoms with E-state index < -0.39 is 5.60 Å². The molecule has 3 rings (SSSR count). The van der Waals surface area contributed by atoms with Crippen LogP contribution in [-0.2, 0) is 9.53 Å². The van der Waals surface area contributed by atoms with E-state index in [0.717, 1.165) is 69.0 Å². The number of nitrogens with zero attached hydrogens (tertiary/aromatic N) is 1. The Morgan fingerprint density at radius 2 is 1.59 bits per heavy atom. The lowest BCUT2D eigenvalue weighted by Crippen LogP contribution is -2.57. The van der Waals surface area contributed by atoms with Crippen LogP contribution in [0.25, 0.3) is 0 Å². The standard InChI is InChI=1S/C20H31N3O4.2ClH/c1-25-17-12-16(13-18(14-17)26-2)22-15-4-10-23(11-5-15)19(24)20(27-3)6-8-21-9-7-20;;/h12-15,21-22H,4-11H2,1-3H3;2*1H. The largest absolute Gasteiger partial charge is 0.497 e. The molecule has 2 N–H and O–H groups in total. The first-order chi connectivity index (χ1) is 13.1. The van der Waals surface area contributed by atoms with E-state index >= 15 is 0 Å². The molecule has 0 bridgehead atoms. The third-order valence-corrected chi connectivity index (χ3v) is 5.70. The first-order valence-corrected chi connectivity index (χ1v) is 9.65. The molecule has 2 aliphatic rings. The van der Waals surface area contributed by atoms with Gasteiger partial charge in [0.25, 0.3) is 5.91 Å². The molecule has 0 unspecified atom stereocenters. The first kappa shape index (κ1) is 25.6. The SMILES string of the molecule is COc1cc(NC2CCN(C(=O)C3(OC)CCNCC3)CC2)cc(OC)c1.Cl.Cl. The first-order valence-electron chi connectivity index (χ1n) is 9.65. The van der Waals surface area contributed by atoms with E-state index in [2.05, 4.69) is 10.6 Å². The minimum absolute atomic E-state index is 0. The summed E-state index contributed by atoms with van der Waals surface area (Å²) in [5, 5.41) is 6.86. The number of hydrogen-bond acceptors (Lipinski definition) is 6. The van der Waals surface area contributed by atoms with Crippen LogP contribution in [0.2, 0.25) is 0 Å². The number of methoxy groups -OCH3 is 3. The number of amides is 1. The zero-order chi connectivity index (χ0) is 19.3. The molecule has 2 saturated heterocycles. The topological polar surface area (TPSA) is 72.1 Å². The fraction of sp³-hybridized carbons (Fsp3) is 0.650. The van der Waals surface area contributed by atoms with Gasteiger partial charge < -0.3 is 29.7 Å². The van der Waals surface area contributed by atoms with Crippen LogP contribution >= 0.6 is 24.8 Å². The maximum atomic E-state index is 13.1. The second-order valence-electron chi connectivity index (χ2n) is 7.26. The lowest BCUT2D eigenvalue weighted by molar-refractivity contribution is -0.159. The molecular formula is C20H33Cl2N3O4. The Kier molecular flexibility index (Phi) is 10.3. The molecule has 0 aliphatic carbocycles. The Labute approximate surface area is 185 Å². The van der Waals surface area contributed by atoms with Gasteiger partial charge in [-0.2, -0.15) is 0 Å². The summed E-state index contributed by atoms with van der Waals surface area (Å²) in [7, 11) is 4.96. The van der Waals surface area contributed by atoms with Crippen molar-refractivity contribution < 1.29 is 19.0 Å². The number of benzene rings is 1. The van der Waals surface area contributed by atoms with E-state index in [4.69, 9.17) is 14.2 Å². The van der Waals surface area contributed by atoms with Crippen molar-refractivity contribution in [3.63, 3.8) is 0 Å². The van der Waals surface area contributed by atoms with E-state index in [0.29, 0.717) is 6.04 Å². The predicted molar refractivity (Wildman–Crippen MR) is 119 cm³/mol. The third-order valence-electron chi connectivity index (χ3n) is 5.70. The smallest absolute Gasteiger partial charge is 0.254 e. The maximum absolute atomic E-state index is 13.1. The highest BCUT2D eigenvalue weighted by Crippen LogP contribution is 2.29. The van der Waals surface area contributed by atoms with Gasteiger partial charge in [0.05, 0.1) is 14.2 Å². The molecular weight excluding hydrogens is 417 g/mol. The summed E-state index contributed by atoms with van der Waals surface area (Å²) in [6.45, 7) is 3.15. The number of hydrogen-bond donors (Lipinski definition) is 2. The molecule has 0 atom stereocenters. The Hall–Kier alpha value is -1.41. The Bertz CT molecular complexity index is 626. The van der Waals surface area contributed by atoms with Gasteiger partial charge in [-0.05, 0) is 38.8 Å². The van der Waals surface area contributed by atoms with Crippen molar-refractivity contribution >= 4 is 36.4 Å². The molecule has 9 heteroatoms. The second-order valence-corrected chi connectivity index (χ2v) is 7.26. The van der Waals surface area contributed by atoms with Gasteiger partial charge in [-0.25, -0.2) is 0 Å². The van der Waals surface area contributed by atoms with Crippen LogP contribution in [0.5, 0.6) is 11.5 Å². The van der Waals surface area contributed by atoms with Gasteiger partial charge in [-0.1, -0.05) is 0 Å². The highest BCUT2D eigenvalue weighted by Gasteiger charge is 2.43. The van der Waals surface area contributed by atoms with E-state index in [1.807, 2.05) is 23.1 Å². The average molecular weight is 450 g/mol. The summed E-state index contributed by atoms with van der Waals surface area (Å²) in [4.78, 5) is 15.0. The molecule has 1 aromatic carbocycles. The lowest BCUT2D eigenvalue weighted by atomic mass is 9.89. The van der Waals surface area contributed by atoms with Crippen LogP contribution in [0.3, 0.4) is 0 Å². The third kappa shape index (κ3) is 6.04. The van der Waals surface area contributed by atoms with Crippen molar-refractivity contribution in [3.05, 3.63) is 18.2 Å². The van der Waals surface area contributed by atoms with Gasteiger partial charge in [-0.3, -0.25) is 4.79 Å². The number of carbonyl (C=O) groups excluding carboxylic acids is 1. The van der Waals surface area contributed by atoms with E-state index in [1.165, 1.54) is 0 Å². The van der Waals surface area contributed by atoms with Crippen LogP contribution in [-0.4, -0.2) is 70.0 Å². The van der Waals surface area contributed by atoms with E-state index in [-0.39, 0.29) is 30.7 Å². The quantitative estimate of drug-likeness (QED) is 0.695.